The van der Waals surface area contributed by atoms with E-state index >= 15 is 0 Å². The van der Waals surface area contributed by atoms with Crippen molar-refractivity contribution in [2.24, 2.45) is 5.10 Å². The van der Waals surface area contributed by atoms with Crippen LogP contribution in [0.1, 0.15) is 22.4 Å². The second-order valence-electron chi connectivity index (χ2n) is 5.93. The van der Waals surface area contributed by atoms with Gasteiger partial charge in [0.1, 0.15) is 16.8 Å². The molecule has 26 heavy (non-hydrogen) atoms. The van der Waals surface area contributed by atoms with Crippen LogP contribution in [0.5, 0.6) is 0 Å². The number of anilines is 1. The number of pyridine rings is 1. The Morgan fingerprint density at radius 2 is 1.96 bits per heavy atom. The second kappa shape index (κ2) is 7.13. The van der Waals surface area contributed by atoms with Crippen LogP contribution in [0.25, 0.3) is 0 Å². The average Bonchev–Trinajstić information content (AvgIpc) is 2.83. The SMILES string of the molecule is Cc1cc(N)n(/N=C\c2c(C)nn(Cc3ccc(F)cc3)c2Cl)c(=O)c1. The van der Waals surface area contributed by atoms with Crippen molar-refractivity contribution in [2.75, 3.05) is 5.73 Å². The molecule has 0 unspecified atom stereocenters. The van der Waals surface area contributed by atoms with Crippen LogP contribution in [0.2, 0.25) is 5.15 Å². The van der Waals surface area contributed by atoms with Crippen LogP contribution in [0.3, 0.4) is 0 Å². The van der Waals surface area contributed by atoms with Crippen molar-refractivity contribution in [1.82, 2.24) is 14.5 Å². The quantitative estimate of drug-likeness (QED) is 0.714. The molecule has 3 aromatic rings. The van der Waals surface area contributed by atoms with Crippen molar-refractivity contribution in [3.63, 3.8) is 0 Å². The summed E-state index contributed by atoms with van der Waals surface area (Å²) in [5.41, 5.74) is 8.38. The number of rotatable bonds is 4. The minimum absolute atomic E-state index is 0.235. The number of hydrogen-bond acceptors (Lipinski definition) is 4. The lowest BCUT2D eigenvalue weighted by Gasteiger charge is -2.04. The number of hydrogen-bond donors (Lipinski definition) is 1. The van der Waals surface area contributed by atoms with Crippen LogP contribution in [-0.2, 0) is 6.54 Å². The first-order valence-corrected chi connectivity index (χ1v) is 8.24. The maximum atomic E-state index is 13.0. The molecule has 6 nitrogen and oxygen atoms in total. The minimum Gasteiger partial charge on any atom is -0.384 e. The van der Waals surface area contributed by atoms with E-state index in [1.165, 1.54) is 24.4 Å². The van der Waals surface area contributed by atoms with E-state index in [1.807, 2.05) is 0 Å². The van der Waals surface area contributed by atoms with Gasteiger partial charge in [0.05, 0.1) is 24.0 Å². The standard InChI is InChI=1S/C18H17ClFN5O/c1-11-7-16(21)25(17(26)8-11)22-9-15-12(2)23-24(18(15)19)10-13-3-5-14(20)6-4-13/h3-9H,10,21H2,1-2H3/b22-9-. The lowest BCUT2D eigenvalue weighted by atomic mass is 10.2. The van der Waals surface area contributed by atoms with Gasteiger partial charge in [-0.1, -0.05) is 23.7 Å². The predicted molar refractivity (Wildman–Crippen MR) is 100 cm³/mol. The number of nitrogen functional groups attached to an aromatic ring is 1. The summed E-state index contributed by atoms with van der Waals surface area (Å²) in [6.45, 7) is 3.96. The molecule has 1 aromatic carbocycles. The Morgan fingerprint density at radius 3 is 2.62 bits per heavy atom. The molecule has 0 aliphatic rings. The van der Waals surface area contributed by atoms with E-state index in [0.717, 1.165) is 15.8 Å². The van der Waals surface area contributed by atoms with Gasteiger partial charge < -0.3 is 5.73 Å². The van der Waals surface area contributed by atoms with Crippen LogP contribution in [-0.4, -0.2) is 20.7 Å². The van der Waals surface area contributed by atoms with E-state index in [4.69, 9.17) is 17.3 Å². The largest absolute Gasteiger partial charge is 0.384 e. The van der Waals surface area contributed by atoms with E-state index in [0.29, 0.717) is 23.0 Å². The van der Waals surface area contributed by atoms with E-state index in [2.05, 4.69) is 10.2 Å². The number of benzene rings is 1. The molecule has 2 heterocycles. The fourth-order valence-electron chi connectivity index (χ4n) is 2.54. The van der Waals surface area contributed by atoms with Gasteiger partial charge in [-0.05, 0) is 43.2 Å². The molecule has 0 saturated heterocycles. The summed E-state index contributed by atoms with van der Waals surface area (Å²) in [6.07, 6.45) is 1.46. The summed E-state index contributed by atoms with van der Waals surface area (Å²) in [5, 5.41) is 8.89. The fraction of sp³-hybridized carbons (Fsp3) is 0.167. The van der Waals surface area contributed by atoms with Crippen molar-refractivity contribution < 1.29 is 4.39 Å². The Kier molecular flexibility index (Phi) is 4.90. The van der Waals surface area contributed by atoms with Crippen LogP contribution in [0, 0.1) is 19.7 Å². The third-order valence-corrected chi connectivity index (χ3v) is 4.24. The number of aromatic nitrogens is 3. The van der Waals surface area contributed by atoms with Crippen molar-refractivity contribution in [3.05, 3.63) is 80.1 Å². The van der Waals surface area contributed by atoms with E-state index in [-0.39, 0.29) is 17.2 Å². The third kappa shape index (κ3) is 3.67. The fourth-order valence-corrected chi connectivity index (χ4v) is 2.82. The molecular formula is C18H17ClFN5O. The summed E-state index contributed by atoms with van der Waals surface area (Å²) >= 11 is 6.40. The predicted octanol–water partition coefficient (Wildman–Crippen LogP) is 2.97. The number of halogens is 2. The third-order valence-electron chi connectivity index (χ3n) is 3.84. The summed E-state index contributed by atoms with van der Waals surface area (Å²) < 4.78 is 15.7. The molecule has 0 atom stereocenters. The minimum atomic E-state index is -0.328. The molecule has 0 bridgehead atoms. The van der Waals surface area contributed by atoms with Gasteiger partial charge >= 0.3 is 0 Å². The van der Waals surface area contributed by atoms with Gasteiger partial charge in [0, 0.05) is 6.07 Å². The highest BCUT2D eigenvalue weighted by molar-refractivity contribution is 6.32. The Morgan fingerprint density at radius 1 is 1.27 bits per heavy atom. The highest BCUT2D eigenvalue weighted by Crippen LogP contribution is 2.19. The average molecular weight is 374 g/mol. The molecule has 0 amide bonds. The summed E-state index contributed by atoms with van der Waals surface area (Å²) in [5.74, 6) is -0.0656. The molecule has 0 saturated carbocycles. The summed E-state index contributed by atoms with van der Waals surface area (Å²) in [7, 11) is 0. The molecule has 0 spiro atoms. The Hall–Kier alpha value is -2.93. The first-order valence-electron chi connectivity index (χ1n) is 7.86. The number of nitrogens with zero attached hydrogens (tertiary/aromatic N) is 4. The summed E-state index contributed by atoms with van der Waals surface area (Å²) in [6, 6.07) is 9.21. The molecule has 0 aliphatic heterocycles. The van der Waals surface area contributed by atoms with Gasteiger partial charge in [-0.3, -0.25) is 4.79 Å². The van der Waals surface area contributed by atoms with Crippen LogP contribution in [0.4, 0.5) is 10.2 Å². The first kappa shape index (κ1) is 17.9. The Labute approximate surface area is 154 Å². The molecule has 0 aliphatic carbocycles. The highest BCUT2D eigenvalue weighted by Gasteiger charge is 2.12. The molecule has 8 heteroatoms. The molecule has 2 N–H and O–H groups in total. The number of aryl methyl sites for hydroxylation is 2. The monoisotopic (exact) mass is 373 g/mol. The molecular weight excluding hydrogens is 357 g/mol. The van der Waals surface area contributed by atoms with Crippen molar-refractivity contribution >= 4 is 23.6 Å². The zero-order chi connectivity index (χ0) is 18.8. The van der Waals surface area contributed by atoms with Gasteiger partial charge in [0.15, 0.2) is 0 Å². The molecule has 134 valence electrons. The topological polar surface area (TPSA) is 78.2 Å². The lowest BCUT2D eigenvalue weighted by molar-refractivity contribution is 0.624. The first-order chi connectivity index (χ1) is 12.3. The van der Waals surface area contributed by atoms with E-state index in [9.17, 15) is 9.18 Å². The van der Waals surface area contributed by atoms with Gasteiger partial charge in [-0.25, -0.2) is 9.07 Å². The second-order valence-corrected chi connectivity index (χ2v) is 6.28. The van der Waals surface area contributed by atoms with Crippen LogP contribution < -0.4 is 11.3 Å². The van der Waals surface area contributed by atoms with E-state index < -0.39 is 0 Å². The normalized spacial score (nSPS) is 11.4. The maximum absolute atomic E-state index is 13.0. The van der Waals surface area contributed by atoms with Gasteiger partial charge in [-0.15, -0.1) is 0 Å². The van der Waals surface area contributed by atoms with E-state index in [1.54, 1.807) is 36.7 Å². The van der Waals surface area contributed by atoms with Crippen molar-refractivity contribution in [1.29, 1.82) is 0 Å². The van der Waals surface area contributed by atoms with Crippen LogP contribution in [0.15, 0.2) is 46.3 Å². The van der Waals surface area contributed by atoms with Crippen molar-refractivity contribution in [3.8, 4) is 0 Å². The van der Waals surface area contributed by atoms with Crippen LogP contribution >= 0.6 is 11.6 Å². The molecule has 0 fully saturated rings. The Balaban J connectivity index is 1.91. The highest BCUT2D eigenvalue weighted by atomic mass is 35.5. The smallest absolute Gasteiger partial charge is 0.273 e. The van der Waals surface area contributed by atoms with Gasteiger partial charge in [0.2, 0.25) is 0 Å². The summed E-state index contributed by atoms with van der Waals surface area (Å²) in [4.78, 5) is 12.0. The Bertz CT molecular complexity index is 1040. The maximum Gasteiger partial charge on any atom is 0.273 e. The molecule has 3 rings (SSSR count). The van der Waals surface area contributed by atoms with Gasteiger partial charge in [0.25, 0.3) is 5.56 Å². The molecule has 0 radical (unpaired) electrons. The number of nitrogens with two attached hydrogens (primary N) is 1. The van der Waals surface area contributed by atoms with Crippen molar-refractivity contribution in [2.45, 2.75) is 20.4 Å². The van der Waals surface area contributed by atoms with Gasteiger partial charge in [-0.2, -0.15) is 14.9 Å². The molecule has 2 aromatic heterocycles. The zero-order valence-electron chi connectivity index (χ0n) is 14.3. The zero-order valence-corrected chi connectivity index (χ0v) is 15.0. The lowest BCUT2D eigenvalue weighted by Crippen LogP contribution is -2.19.